The van der Waals surface area contributed by atoms with Gasteiger partial charge >= 0.3 is 0 Å². The molecule has 0 aliphatic carbocycles. The fraction of sp³-hybridized carbons (Fsp3) is 0.143. The Morgan fingerprint density at radius 2 is 2.20 bits per heavy atom. The summed E-state index contributed by atoms with van der Waals surface area (Å²) in [5.74, 6) is -0.285. The van der Waals surface area contributed by atoms with Crippen molar-refractivity contribution in [3.8, 4) is 0 Å². The normalized spacial score (nSPS) is 9.50. The van der Waals surface area contributed by atoms with E-state index in [4.69, 9.17) is 11.6 Å². The van der Waals surface area contributed by atoms with E-state index in [0.717, 1.165) is 0 Å². The molecule has 0 aliphatic rings. The van der Waals surface area contributed by atoms with Crippen LogP contribution < -0.4 is 5.32 Å². The Hall–Kier alpha value is -0.760. The summed E-state index contributed by atoms with van der Waals surface area (Å²) in [5.41, 5.74) is 0.424. The highest BCUT2D eigenvalue weighted by Crippen LogP contribution is 2.18. The first kappa shape index (κ1) is 7.35. The molecule has 54 valence electrons. The van der Waals surface area contributed by atoms with Gasteiger partial charge in [0.15, 0.2) is 0 Å². The lowest BCUT2D eigenvalue weighted by Gasteiger charge is -2.00. The molecule has 10 heavy (non-hydrogen) atoms. The summed E-state index contributed by atoms with van der Waals surface area (Å²) in [5, 5.41) is 3.21. The molecule has 0 saturated carbocycles. The first-order chi connectivity index (χ1) is 4.74. The average molecular weight is 160 g/mol. The van der Waals surface area contributed by atoms with Crippen LogP contribution in [-0.2, 0) is 0 Å². The van der Waals surface area contributed by atoms with Gasteiger partial charge in [-0.2, -0.15) is 0 Å². The molecule has 0 radical (unpaired) electrons. The lowest BCUT2D eigenvalue weighted by Crippen LogP contribution is -1.90. The van der Waals surface area contributed by atoms with E-state index in [-0.39, 0.29) is 5.82 Å². The van der Waals surface area contributed by atoms with Crippen molar-refractivity contribution in [1.29, 1.82) is 0 Å². The number of benzene rings is 1. The third-order valence-corrected chi connectivity index (χ3v) is 1.43. The summed E-state index contributed by atoms with van der Waals surface area (Å²) in [7, 11) is 1.65. The molecule has 0 spiro atoms. The van der Waals surface area contributed by atoms with Crippen molar-refractivity contribution in [2.45, 2.75) is 0 Å². The van der Waals surface area contributed by atoms with Gasteiger partial charge in [0.25, 0.3) is 0 Å². The van der Waals surface area contributed by atoms with Gasteiger partial charge in [0.05, 0.1) is 5.69 Å². The van der Waals surface area contributed by atoms with E-state index in [1.807, 2.05) is 0 Å². The van der Waals surface area contributed by atoms with Crippen LogP contribution in [0, 0.1) is 5.82 Å². The maximum Gasteiger partial charge on any atom is 0.146 e. The number of rotatable bonds is 1. The van der Waals surface area contributed by atoms with E-state index in [0.29, 0.717) is 10.7 Å². The van der Waals surface area contributed by atoms with Crippen LogP contribution in [0.5, 0.6) is 0 Å². The fourth-order valence-corrected chi connectivity index (χ4v) is 0.861. The molecule has 0 aromatic heterocycles. The van der Waals surface area contributed by atoms with Crippen molar-refractivity contribution in [3.05, 3.63) is 29.0 Å². The summed E-state index contributed by atoms with van der Waals surface area (Å²) in [4.78, 5) is 0. The van der Waals surface area contributed by atoms with Gasteiger partial charge < -0.3 is 5.32 Å². The van der Waals surface area contributed by atoms with E-state index in [2.05, 4.69) is 5.32 Å². The number of hydrogen-bond acceptors (Lipinski definition) is 1. The van der Waals surface area contributed by atoms with Gasteiger partial charge in [0.2, 0.25) is 0 Å². The highest BCUT2D eigenvalue weighted by molar-refractivity contribution is 6.30. The Balaban J connectivity index is 3.09. The Kier molecular flexibility index (Phi) is 2.12. The second-order valence-electron chi connectivity index (χ2n) is 1.87. The summed E-state index contributed by atoms with van der Waals surface area (Å²) in [6, 6.07) is 4.38. The van der Waals surface area contributed by atoms with Crippen LogP contribution in [0.25, 0.3) is 0 Å². The van der Waals surface area contributed by atoms with Crippen molar-refractivity contribution in [3.63, 3.8) is 0 Å². The van der Waals surface area contributed by atoms with Crippen molar-refractivity contribution in [2.75, 3.05) is 12.4 Å². The first-order valence-electron chi connectivity index (χ1n) is 2.87. The third-order valence-electron chi connectivity index (χ3n) is 1.20. The summed E-state index contributed by atoms with van der Waals surface area (Å²) < 4.78 is 12.6. The zero-order valence-electron chi connectivity index (χ0n) is 5.49. The van der Waals surface area contributed by atoms with Crippen molar-refractivity contribution in [1.82, 2.24) is 0 Å². The molecule has 0 atom stereocenters. The molecule has 0 unspecified atom stereocenters. The Morgan fingerprint density at radius 3 is 2.70 bits per heavy atom. The number of hydrogen-bond donors (Lipinski definition) is 1. The molecule has 0 saturated heterocycles. The Bertz CT molecular complexity index is 237. The van der Waals surface area contributed by atoms with Crippen LogP contribution in [0.4, 0.5) is 10.1 Å². The Labute approximate surface area is 63.8 Å². The molecule has 1 aromatic rings. The van der Waals surface area contributed by atoms with Gasteiger partial charge in [-0.05, 0) is 18.2 Å². The predicted octanol–water partition coefficient (Wildman–Crippen LogP) is 2.52. The standard InChI is InChI=1S/C7H7ClFN/c1-10-7-4-5(8)2-3-6(7)9/h2-4,10H,1H3. The van der Waals surface area contributed by atoms with Gasteiger partial charge in [-0.3, -0.25) is 0 Å². The van der Waals surface area contributed by atoms with Crippen LogP contribution in [0.15, 0.2) is 18.2 Å². The highest BCUT2D eigenvalue weighted by Gasteiger charge is 1.98. The molecule has 1 rings (SSSR count). The van der Waals surface area contributed by atoms with Crippen LogP contribution >= 0.6 is 11.6 Å². The van der Waals surface area contributed by atoms with Crippen molar-refractivity contribution in [2.24, 2.45) is 0 Å². The quantitative estimate of drug-likeness (QED) is 0.664. The molecule has 0 bridgehead atoms. The molecule has 0 aliphatic heterocycles. The second-order valence-corrected chi connectivity index (χ2v) is 2.31. The molecule has 1 aromatic carbocycles. The maximum atomic E-state index is 12.6. The minimum Gasteiger partial charge on any atom is -0.386 e. The van der Waals surface area contributed by atoms with Gasteiger partial charge in [0, 0.05) is 12.1 Å². The lowest BCUT2D eigenvalue weighted by molar-refractivity contribution is 0.631. The van der Waals surface area contributed by atoms with Gasteiger partial charge in [-0.1, -0.05) is 11.6 Å². The molecule has 0 amide bonds. The van der Waals surface area contributed by atoms with Crippen molar-refractivity contribution >= 4 is 17.3 Å². The molecular formula is C7H7ClFN. The van der Waals surface area contributed by atoms with E-state index in [1.54, 1.807) is 7.05 Å². The maximum absolute atomic E-state index is 12.6. The largest absolute Gasteiger partial charge is 0.386 e. The highest BCUT2D eigenvalue weighted by atomic mass is 35.5. The topological polar surface area (TPSA) is 12.0 Å². The van der Waals surface area contributed by atoms with E-state index in [9.17, 15) is 4.39 Å². The zero-order chi connectivity index (χ0) is 7.56. The van der Waals surface area contributed by atoms with E-state index in [1.165, 1.54) is 18.2 Å². The van der Waals surface area contributed by atoms with Crippen LogP contribution in [0.1, 0.15) is 0 Å². The fourth-order valence-electron chi connectivity index (χ4n) is 0.689. The number of halogens is 2. The van der Waals surface area contributed by atoms with Gasteiger partial charge in [-0.15, -0.1) is 0 Å². The number of nitrogens with one attached hydrogen (secondary N) is 1. The first-order valence-corrected chi connectivity index (χ1v) is 3.24. The molecule has 1 N–H and O–H groups in total. The van der Waals surface area contributed by atoms with Crippen molar-refractivity contribution < 1.29 is 4.39 Å². The molecular weight excluding hydrogens is 153 g/mol. The summed E-state index contributed by atoms with van der Waals surface area (Å²) >= 11 is 5.59. The van der Waals surface area contributed by atoms with Crippen LogP contribution in [0.2, 0.25) is 5.02 Å². The lowest BCUT2D eigenvalue weighted by atomic mass is 10.3. The SMILES string of the molecule is CNc1cc(Cl)ccc1F. The van der Waals surface area contributed by atoms with E-state index >= 15 is 0 Å². The molecule has 1 nitrogen and oxygen atoms in total. The van der Waals surface area contributed by atoms with Crippen LogP contribution in [-0.4, -0.2) is 7.05 Å². The molecule has 0 fully saturated rings. The second kappa shape index (κ2) is 2.88. The number of anilines is 1. The summed E-state index contributed by atoms with van der Waals surface area (Å²) in [6.07, 6.45) is 0. The zero-order valence-corrected chi connectivity index (χ0v) is 6.24. The monoisotopic (exact) mass is 159 g/mol. The third kappa shape index (κ3) is 1.39. The minimum absolute atomic E-state index is 0.285. The molecule has 3 heteroatoms. The average Bonchev–Trinajstić information content (AvgIpc) is 1.94. The smallest absolute Gasteiger partial charge is 0.146 e. The van der Waals surface area contributed by atoms with E-state index < -0.39 is 0 Å². The predicted molar refractivity (Wildman–Crippen MR) is 41.0 cm³/mol. The Morgan fingerprint density at radius 1 is 1.50 bits per heavy atom. The minimum atomic E-state index is -0.285. The van der Waals surface area contributed by atoms with Gasteiger partial charge in [0.1, 0.15) is 5.82 Å². The summed E-state index contributed by atoms with van der Waals surface area (Å²) in [6.45, 7) is 0. The van der Waals surface area contributed by atoms with Crippen LogP contribution in [0.3, 0.4) is 0 Å². The van der Waals surface area contributed by atoms with Gasteiger partial charge in [-0.25, -0.2) is 4.39 Å². The molecule has 0 heterocycles.